The van der Waals surface area contributed by atoms with Crippen LogP contribution in [0.4, 0.5) is 10.1 Å². The predicted octanol–water partition coefficient (Wildman–Crippen LogP) is 3.04. The van der Waals surface area contributed by atoms with E-state index in [0.29, 0.717) is 6.54 Å². The lowest BCUT2D eigenvalue weighted by molar-refractivity contribution is 0.625. The molecule has 0 aliphatic heterocycles. The summed E-state index contributed by atoms with van der Waals surface area (Å²) in [5.74, 6) is 0.576. The first kappa shape index (κ1) is 17.8. The van der Waals surface area contributed by atoms with Gasteiger partial charge in [-0.05, 0) is 42.7 Å². The van der Waals surface area contributed by atoms with E-state index < -0.39 is 0 Å². The number of hydrogen-bond donors (Lipinski definition) is 3. The molecule has 0 aliphatic rings. The Bertz CT molecular complexity index is 628. The molecule has 0 aliphatic carbocycles. The van der Waals surface area contributed by atoms with Gasteiger partial charge in [-0.25, -0.2) is 4.39 Å². The van der Waals surface area contributed by atoms with Gasteiger partial charge in [0.15, 0.2) is 5.96 Å². The quantitative estimate of drug-likeness (QED) is 0.397. The van der Waals surface area contributed by atoms with E-state index in [2.05, 4.69) is 33.1 Å². The first-order valence-corrected chi connectivity index (χ1v) is 8.26. The summed E-state index contributed by atoms with van der Waals surface area (Å²) in [5.41, 5.74) is 2.11. The molecule has 0 radical (unpaired) electrons. The van der Waals surface area contributed by atoms with E-state index in [9.17, 15) is 4.39 Å². The van der Waals surface area contributed by atoms with Crippen molar-refractivity contribution in [2.45, 2.75) is 12.8 Å². The lowest BCUT2D eigenvalue weighted by atomic mass is 10.1. The zero-order valence-electron chi connectivity index (χ0n) is 14.1. The number of nitrogens with zero attached hydrogens (tertiary/aromatic N) is 1. The highest BCUT2D eigenvalue weighted by Gasteiger charge is 1.99. The second-order valence-electron chi connectivity index (χ2n) is 5.45. The maximum absolute atomic E-state index is 13.1. The third-order valence-electron chi connectivity index (χ3n) is 3.57. The highest BCUT2D eigenvalue weighted by Crippen LogP contribution is 2.04. The van der Waals surface area contributed by atoms with E-state index in [0.717, 1.165) is 43.1 Å². The molecule has 3 N–H and O–H groups in total. The first-order chi connectivity index (χ1) is 11.8. The largest absolute Gasteiger partial charge is 0.385 e. The number of guanidine groups is 1. The summed E-state index contributed by atoms with van der Waals surface area (Å²) < 4.78 is 13.1. The van der Waals surface area contributed by atoms with Gasteiger partial charge < -0.3 is 16.0 Å². The first-order valence-electron chi connectivity index (χ1n) is 8.26. The summed E-state index contributed by atoms with van der Waals surface area (Å²) >= 11 is 0. The van der Waals surface area contributed by atoms with Crippen molar-refractivity contribution in [3.63, 3.8) is 0 Å². The molecule has 0 fully saturated rings. The van der Waals surface area contributed by atoms with Crippen molar-refractivity contribution < 1.29 is 4.39 Å². The van der Waals surface area contributed by atoms with Gasteiger partial charge in [-0.3, -0.25) is 4.99 Å². The van der Waals surface area contributed by atoms with Gasteiger partial charge >= 0.3 is 0 Å². The van der Waals surface area contributed by atoms with Crippen LogP contribution in [-0.4, -0.2) is 32.6 Å². The highest BCUT2D eigenvalue weighted by molar-refractivity contribution is 5.79. The second-order valence-corrected chi connectivity index (χ2v) is 5.45. The Morgan fingerprint density at radius 1 is 0.958 bits per heavy atom. The molecular formula is C19H25FN4. The monoisotopic (exact) mass is 328 g/mol. The van der Waals surface area contributed by atoms with Crippen LogP contribution in [0.5, 0.6) is 0 Å². The van der Waals surface area contributed by atoms with E-state index in [-0.39, 0.29) is 5.82 Å². The van der Waals surface area contributed by atoms with Crippen LogP contribution in [0.2, 0.25) is 0 Å². The minimum absolute atomic E-state index is 0.194. The van der Waals surface area contributed by atoms with Crippen LogP contribution in [0.25, 0.3) is 0 Å². The van der Waals surface area contributed by atoms with Gasteiger partial charge in [0.05, 0.1) is 0 Å². The molecule has 0 atom stereocenters. The fraction of sp³-hybridized carbons (Fsp3) is 0.316. The van der Waals surface area contributed by atoms with Crippen LogP contribution in [0.15, 0.2) is 59.6 Å². The van der Waals surface area contributed by atoms with Crippen molar-refractivity contribution >= 4 is 11.6 Å². The third kappa shape index (κ3) is 6.69. The maximum atomic E-state index is 13.1. The zero-order chi connectivity index (χ0) is 17.0. The van der Waals surface area contributed by atoms with Crippen LogP contribution in [0.1, 0.15) is 12.0 Å². The molecule has 2 aromatic carbocycles. The summed E-state index contributed by atoms with van der Waals surface area (Å²) in [6, 6.07) is 16.8. The molecule has 5 heteroatoms. The fourth-order valence-corrected chi connectivity index (χ4v) is 2.32. The molecule has 0 unspecified atom stereocenters. The Hall–Kier alpha value is -2.56. The SMILES string of the molecule is CN=C(NCCCNc1ccccc1)NCCc1cccc(F)c1. The Morgan fingerprint density at radius 3 is 2.50 bits per heavy atom. The summed E-state index contributed by atoms with van der Waals surface area (Å²) in [6.07, 6.45) is 1.74. The Balaban J connectivity index is 1.58. The molecule has 2 aromatic rings. The van der Waals surface area contributed by atoms with Gasteiger partial charge in [0.2, 0.25) is 0 Å². The summed E-state index contributed by atoms with van der Waals surface area (Å²) in [5, 5.41) is 9.89. The molecule has 4 nitrogen and oxygen atoms in total. The average Bonchev–Trinajstić information content (AvgIpc) is 2.61. The normalized spacial score (nSPS) is 11.2. The van der Waals surface area contributed by atoms with E-state index in [4.69, 9.17) is 0 Å². The van der Waals surface area contributed by atoms with Crippen molar-refractivity contribution in [3.05, 3.63) is 66.0 Å². The van der Waals surface area contributed by atoms with Crippen LogP contribution < -0.4 is 16.0 Å². The molecule has 0 bridgehead atoms. The third-order valence-corrected chi connectivity index (χ3v) is 3.57. The molecule has 0 amide bonds. The van der Waals surface area contributed by atoms with Crippen LogP contribution in [-0.2, 0) is 6.42 Å². The summed E-state index contributed by atoms with van der Waals surface area (Å²) in [7, 11) is 1.75. The van der Waals surface area contributed by atoms with Gasteiger partial charge in [0.25, 0.3) is 0 Å². The number of rotatable bonds is 8. The van der Waals surface area contributed by atoms with Crippen molar-refractivity contribution in [1.29, 1.82) is 0 Å². The number of benzene rings is 2. The summed E-state index contributed by atoms with van der Waals surface area (Å²) in [4.78, 5) is 4.19. The number of anilines is 1. The van der Waals surface area contributed by atoms with Gasteiger partial charge in [-0.2, -0.15) is 0 Å². The topological polar surface area (TPSA) is 48.5 Å². The molecule has 2 rings (SSSR count). The lowest BCUT2D eigenvalue weighted by Crippen LogP contribution is -2.39. The molecular weight excluding hydrogens is 303 g/mol. The number of halogens is 1. The molecule has 24 heavy (non-hydrogen) atoms. The molecule has 0 aromatic heterocycles. The Kier molecular flexibility index (Phi) is 7.60. The zero-order valence-corrected chi connectivity index (χ0v) is 14.1. The second kappa shape index (κ2) is 10.3. The number of para-hydroxylation sites is 1. The Morgan fingerprint density at radius 2 is 1.75 bits per heavy atom. The van der Waals surface area contributed by atoms with E-state index in [1.807, 2.05) is 24.3 Å². The lowest BCUT2D eigenvalue weighted by Gasteiger charge is -2.12. The fourth-order valence-electron chi connectivity index (χ4n) is 2.32. The molecule has 0 saturated carbocycles. The van der Waals surface area contributed by atoms with Crippen LogP contribution in [0.3, 0.4) is 0 Å². The number of aliphatic imine (C=N–C) groups is 1. The maximum Gasteiger partial charge on any atom is 0.190 e. The molecule has 0 heterocycles. The molecule has 0 spiro atoms. The standard InChI is InChI=1S/C19H25FN4/c1-21-19(24-14-11-16-7-5-8-17(20)15-16)23-13-6-12-22-18-9-3-2-4-10-18/h2-5,7-10,15,22H,6,11-14H2,1H3,(H2,21,23,24). The molecule has 0 saturated heterocycles. The predicted molar refractivity (Wildman–Crippen MR) is 99.0 cm³/mol. The van der Waals surface area contributed by atoms with Gasteiger partial charge in [0, 0.05) is 32.4 Å². The van der Waals surface area contributed by atoms with Crippen molar-refractivity contribution in [1.82, 2.24) is 10.6 Å². The van der Waals surface area contributed by atoms with Gasteiger partial charge in [-0.15, -0.1) is 0 Å². The van der Waals surface area contributed by atoms with Crippen LogP contribution in [0, 0.1) is 5.82 Å². The van der Waals surface area contributed by atoms with Gasteiger partial charge in [0.1, 0.15) is 5.82 Å². The van der Waals surface area contributed by atoms with Crippen molar-refractivity contribution in [2.24, 2.45) is 4.99 Å². The minimum atomic E-state index is -0.194. The van der Waals surface area contributed by atoms with E-state index in [1.165, 1.54) is 6.07 Å². The van der Waals surface area contributed by atoms with E-state index in [1.54, 1.807) is 19.2 Å². The van der Waals surface area contributed by atoms with Crippen molar-refractivity contribution in [3.8, 4) is 0 Å². The molecule has 128 valence electrons. The van der Waals surface area contributed by atoms with E-state index >= 15 is 0 Å². The van der Waals surface area contributed by atoms with Gasteiger partial charge in [-0.1, -0.05) is 30.3 Å². The highest BCUT2D eigenvalue weighted by atomic mass is 19.1. The minimum Gasteiger partial charge on any atom is -0.385 e. The summed E-state index contributed by atoms with van der Waals surface area (Å²) in [6.45, 7) is 2.45. The number of hydrogen-bond acceptors (Lipinski definition) is 2. The smallest absolute Gasteiger partial charge is 0.190 e. The Labute approximate surface area is 143 Å². The average molecular weight is 328 g/mol. The van der Waals surface area contributed by atoms with Crippen LogP contribution >= 0.6 is 0 Å². The van der Waals surface area contributed by atoms with Crippen molar-refractivity contribution in [2.75, 3.05) is 32.0 Å². The number of nitrogens with one attached hydrogen (secondary N) is 3.